The number of nitrogens with zero attached hydrogens (tertiary/aromatic N) is 2. The lowest BCUT2D eigenvalue weighted by Gasteiger charge is -2.00. The second kappa shape index (κ2) is 7.22. The summed E-state index contributed by atoms with van der Waals surface area (Å²) in [6.07, 6.45) is 1.02. The van der Waals surface area contributed by atoms with Crippen molar-refractivity contribution in [3.8, 4) is 0 Å². The van der Waals surface area contributed by atoms with E-state index in [0.717, 1.165) is 29.2 Å². The van der Waals surface area contributed by atoms with Gasteiger partial charge in [-0.15, -0.1) is 0 Å². The summed E-state index contributed by atoms with van der Waals surface area (Å²) in [6.45, 7) is 10.6. The Labute approximate surface area is 101 Å². The van der Waals surface area contributed by atoms with Crippen molar-refractivity contribution in [2.45, 2.75) is 47.6 Å². The van der Waals surface area contributed by atoms with Crippen molar-refractivity contribution in [2.24, 2.45) is 10.9 Å². The van der Waals surface area contributed by atoms with Crippen LogP contribution in [0.5, 0.6) is 0 Å². The van der Waals surface area contributed by atoms with Crippen molar-refractivity contribution in [1.82, 2.24) is 4.57 Å². The number of aromatic nitrogens is 1. The molecule has 1 aromatic heterocycles. The lowest BCUT2D eigenvalue weighted by atomic mass is 10.4. The second-order valence-corrected chi connectivity index (χ2v) is 4.90. The molecule has 0 spiro atoms. The van der Waals surface area contributed by atoms with Crippen LogP contribution in [0, 0.1) is 13.8 Å². The van der Waals surface area contributed by atoms with Crippen molar-refractivity contribution in [3.05, 3.63) is 20.2 Å². The standard InChI is InChI=1S/C8H13NOS.C3H8N2/c1-4-5-9-6(2)7(3)11-8(9)10;1-3(2)5-4/h4-5H2,1-3H3;4H2,1-2H3. The molecule has 0 aliphatic carbocycles. The van der Waals surface area contributed by atoms with Gasteiger partial charge in [-0.05, 0) is 34.1 Å². The van der Waals surface area contributed by atoms with E-state index in [9.17, 15) is 4.79 Å². The molecule has 1 rings (SSSR count). The van der Waals surface area contributed by atoms with Gasteiger partial charge < -0.3 is 10.4 Å². The Kier molecular flexibility index (Phi) is 6.72. The average molecular weight is 243 g/mol. The minimum absolute atomic E-state index is 0.182. The Hall–Kier alpha value is -1.10. The van der Waals surface area contributed by atoms with Gasteiger partial charge in [0.25, 0.3) is 0 Å². The molecule has 0 amide bonds. The quantitative estimate of drug-likeness (QED) is 0.492. The van der Waals surface area contributed by atoms with Crippen LogP contribution in [0.3, 0.4) is 0 Å². The topological polar surface area (TPSA) is 60.4 Å². The van der Waals surface area contributed by atoms with Gasteiger partial charge in [-0.2, -0.15) is 5.10 Å². The molecule has 0 aromatic carbocycles. The molecular weight excluding hydrogens is 222 g/mol. The zero-order valence-electron chi connectivity index (χ0n) is 10.7. The van der Waals surface area contributed by atoms with Crippen LogP contribution in [0.4, 0.5) is 0 Å². The molecule has 1 heterocycles. The van der Waals surface area contributed by atoms with E-state index in [4.69, 9.17) is 5.84 Å². The number of hydrogen-bond acceptors (Lipinski definition) is 4. The van der Waals surface area contributed by atoms with Crippen molar-refractivity contribution >= 4 is 17.0 Å². The summed E-state index contributed by atoms with van der Waals surface area (Å²) in [5.74, 6) is 4.76. The van der Waals surface area contributed by atoms with Crippen LogP contribution in [-0.2, 0) is 6.54 Å². The molecule has 16 heavy (non-hydrogen) atoms. The van der Waals surface area contributed by atoms with Crippen LogP contribution in [-0.4, -0.2) is 10.3 Å². The highest BCUT2D eigenvalue weighted by Gasteiger charge is 2.04. The number of aryl methyl sites for hydroxylation is 1. The maximum absolute atomic E-state index is 11.2. The predicted molar refractivity (Wildman–Crippen MR) is 71.3 cm³/mol. The number of rotatable bonds is 2. The molecular formula is C11H21N3OS. The second-order valence-electron chi connectivity index (χ2n) is 3.74. The first-order chi connectivity index (χ1) is 7.43. The molecule has 0 fully saturated rings. The normalized spacial score (nSPS) is 9.31. The summed E-state index contributed by atoms with van der Waals surface area (Å²) in [4.78, 5) is 12.6. The Bertz CT molecular complexity index is 400. The first kappa shape index (κ1) is 14.9. The average Bonchev–Trinajstić information content (AvgIpc) is 2.46. The molecule has 92 valence electrons. The van der Waals surface area contributed by atoms with Gasteiger partial charge in [-0.1, -0.05) is 18.3 Å². The fourth-order valence-corrected chi connectivity index (χ4v) is 1.93. The molecule has 0 saturated heterocycles. The van der Waals surface area contributed by atoms with E-state index in [1.54, 1.807) is 0 Å². The maximum atomic E-state index is 11.2. The van der Waals surface area contributed by atoms with E-state index in [1.165, 1.54) is 11.3 Å². The van der Waals surface area contributed by atoms with Gasteiger partial charge in [0.1, 0.15) is 0 Å². The van der Waals surface area contributed by atoms with Crippen LogP contribution in [0.15, 0.2) is 9.90 Å². The van der Waals surface area contributed by atoms with E-state index in [-0.39, 0.29) is 4.87 Å². The zero-order chi connectivity index (χ0) is 12.7. The summed E-state index contributed by atoms with van der Waals surface area (Å²) < 4.78 is 1.85. The van der Waals surface area contributed by atoms with Gasteiger partial charge in [0, 0.05) is 22.8 Å². The third-order valence-electron chi connectivity index (χ3n) is 2.08. The number of nitrogens with two attached hydrogens (primary N) is 1. The largest absolute Gasteiger partial charge is 0.323 e. The third kappa shape index (κ3) is 4.61. The van der Waals surface area contributed by atoms with Gasteiger partial charge in [0.2, 0.25) is 0 Å². The summed E-state index contributed by atoms with van der Waals surface area (Å²) in [7, 11) is 0. The predicted octanol–water partition coefficient (Wildman–Crippen LogP) is 2.28. The van der Waals surface area contributed by atoms with Crippen LogP contribution in [0.2, 0.25) is 0 Å². The third-order valence-corrected chi connectivity index (χ3v) is 3.08. The molecule has 0 bridgehead atoms. The highest BCUT2D eigenvalue weighted by Crippen LogP contribution is 2.09. The SMILES string of the molecule is CC(C)=NN.CCCn1c(C)c(C)sc1=O. The van der Waals surface area contributed by atoms with Gasteiger partial charge in [-0.25, -0.2) is 0 Å². The van der Waals surface area contributed by atoms with Gasteiger partial charge in [0.05, 0.1) is 0 Å². The van der Waals surface area contributed by atoms with Crippen molar-refractivity contribution in [3.63, 3.8) is 0 Å². The van der Waals surface area contributed by atoms with E-state index in [1.807, 2.05) is 32.3 Å². The molecule has 5 heteroatoms. The van der Waals surface area contributed by atoms with E-state index < -0.39 is 0 Å². The number of thiazole rings is 1. The minimum atomic E-state index is 0.182. The first-order valence-electron chi connectivity index (χ1n) is 5.31. The van der Waals surface area contributed by atoms with Gasteiger partial charge in [-0.3, -0.25) is 4.79 Å². The molecule has 0 radical (unpaired) electrons. The Balaban J connectivity index is 0.000000385. The fraction of sp³-hybridized carbons (Fsp3) is 0.636. The van der Waals surface area contributed by atoms with Gasteiger partial charge in [0.15, 0.2) is 0 Å². The molecule has 0 aliphatic heterocycles. The molecule has 1 aromatic rings. The van der Waals surface area contributed by atoms with Crippen molar-refractivity contribution in [1.29, 1.82) is 0 Å². The van der Waals surface area contributed by atoms with Gasteiger partial charge >= 0.3 is 4.87 Å². The molecule has 0 unspecified atom stereocenters. The van der Waals surface area contributed by atoms with Crippen LogP contribution >= 0.6 is 11.3 Å². The molecule has 0 atom stereocenters. The molecule has 4 nitrogen and oxygen atoms in total. The molecule has 2 N–H and O–H groups in total. The fourth-order valence-electron chi connectivity index (χ4n) is 1.07. The minimum Gasteiger partial charge on any atom is -0.323 e. The van der Waals surface area contributed by atoms with E-state index in [2.05, 4.69) is 12.0 Å². The summed E-state index contributed by atoms with van der Waals surface area (Å²) >= 11 is 1.34. The molecule has 0 aliphatic rings. The van der Waals surface area contributed by atoms with Crippen LogP contribution < -0.4 is 10.7 Å². The van der Waals surface area contributed by atoms with Crippen molar-refractivity contribution < 1.29 is 0 Å². The monoisotopic (exact) mass is 243 g/mol. The number of hydrazone groups is 1. The summed E-state index contributed by atoms with van der Waals surface area (Å²) in [5, 5.41) is 3.31. The number of hydrogen-bond donors (Lipinski definition) is 1. The summed E-state index contributed by atoms with van der Waals surface area (Å²) in [6, 6.07) is 0. The maximum Gasteiger partial charge on any atom is 0.307 e. The Morgan fingerprint density at radius 1 is 1.44 bits per heavy atom. The highest BCUT2D eigenvalue weighted by molar-refractivity contribution is 7.09. The van der Waals surface area contributed by atoms with Crippen LogP contribution in [0.25, 0.3) is 0 Å². The smallest absolute Gasteiger partial charge is 0.307 e. The summed E-state index contributed by atoms with van der Waals surface area (Å²) in [5.41, 5.74) is 2.03. The first-order valence-corrected chi connectivity index (χ1v) is 6.13. The van der Waals surface area contributed by atoms with E-state index >= 15 is 0 Å². The Morgan fingerprint density at radius 3 is 2.19 bits per heavy atom. The van der Waals surface area contributed by atoms with Crippen molar-refractivity contribution in [2.75, 3.05) is 0 Å². The van der Waals surface area contributed by atoms with Crippen LogP contribution in [0.1, 0.15) is 37.8 Å². The lowest BCUT2D eigenvalue weighted by Crippen LogP contribution is -2.13. The lowest BCUT2D eigenvalue weighted by molar-refractivity contribution is 0.649. The Morgan fingerprint density at radius 2 is 1.94 bits per heavy atom. The molecule has 0 saturated carbocycles. The zero-order valence-corrected chi connectivity index (χ0v) is 11.5. The van der Waals surface area contributed by atoms with E-state index in [0.29, 0.717) is 0 Å². The highest BCUT2D eigenvalue weighted by atomic mass is 32.1.